The number of carboxylic acid groups (broad SMARTS) is 2. The van der Waals surface area contributed by atoms with E-state index in [4.69, 9.17) is 10.2 Å². The van der Waals surface area contributed by atoms with Crippen LogP contribution in [0, 0.1) is 0 Å². The van der Waals surface area contributed by atoms with Crippen LogP contribution >= 0.6 is 11.8 Å². The summed E-state index contributed by atoms with van der Waals surface area (Å²) in [7, 11) is 0. The maximum atomic E-state index is 11.2. The predicted octanol–water partition coefficient (Wildman–Crippen LogP) is -0.285. The van der Waals surface area contributed by atoms with Crippen molar-refractivity contribution < 1.29 is 24.6 Å². The number of hydrogen-bond donors (Lipinski definition) is 2. The summed E-state index contributed by atoms with van der Waals surface area (Å²) < 4.78 is 0. The van der Waals surface area contributed by atoms with Gasteiger partial charge in [-0.3, -0.25) is 9.69 Å². The first kappa shape index (κ1) is 10.0. The lowest BCUT2D eigenvalue weighted by atomic mass is 10.1. The lowest BCUT2D eigenvalue weighted by molar-refractivity contribution is -0.146. The van der Waals surface area contributed by atoms with Gasteiger partial charge >= 0.3 is 11.9 Å². The first-order valence-corrected chi connectivity index (χ1v) is 5.20. The summed E-state index contributed by atoms with van der Waals surface area (Å²) in [5.74, 6) is -2.84. The Hall–Kier alpha value is -1.50. The average molecular weight is 229 g/mol. The normalized spacial score (nSPS) is 24.7. The molecule has 0 aromatic rings. The molecule has 0 radical (unpaired) electrons. The van der Waals surface area contributed by atoms with Crippen LogP contribution in [0.25, 0.3) is 0 Å². The molecule has 1 fully saturated rings. The van der Waals surface area contributed by atoms with Crippen molar-refractivity contribution in [1.29, 1.82) is 0 Å². The van der Waals surface area contributed by atoms with E-state index in [1.807, 2.05) is 0 Å². The van der Waals surface area contributed by atoms with Crippen LogP contribution in [-0.2, 0) is 14.4 Å². The third-order valence-electron chi connectivity index (χ3n) is 2.31. The SMILES string of the molecule is O=C(O)C1=C(C(=O)O)N2C(=O)C[C@H]2SC1. The topological polar surface area (TPSA) is 94.9 Å². The van der Waals surface area contributed by atoms with E-state index < -0.39 is 11.9 Å². The number of β-lactam (4-membered cyclic amide) rings is 1. The van der Waals surface area contributed by atoms with Crippen LogP contribution in [0.3, 0.4) is 0 Å². The van der Waals surface area contributed by atoms with E-state index in [0.29, 0.717) is 0 Å². The van der Waals surface area contributed by atoms with E-state index in [0.717, 1.165) is 4.90 Å². The Balaban J connectivity index is 2.46. The molecule has 0 aromatic carbocycles. The zero-order chi connectivity index (χ0) is 11.2. The van der Waals surface area contributed by atoms with Crippen LogP contribution in [0.2, 0.25) is 0 Å². The summed E-state index contributed by atoms with van der Waals surface area (Å²) in [6, 6.07) is 0. The molecule has 2 aliphatic heterocycles. The Morgan fingerprint density at radius 1 is 1.33 bits per heavy atom. The summed E-state index contributed by atoms with van der Waals surface area (Å²) in [5.41, 5.74) is -0.584. The summed E-state index contributed by atoms with van der Waals surface area (Å²) in [4.78, 5) is 33.9. The third-order valence-corrected chi connectivity index (χ3v) is 3.53. The van der Waals surface area contributed by atoms with Gasteiger partial charge in [0.2, 0.25) is 5.91 Å². The molecule has 0 spiro atoms. The van der Waals surface area contributed by atoms with Crippen molar-refractivity contribution in [2.24, 2.45) is 0 Å². The van der Waals surface area contributed by atoms with E-state index in [1.165, 1.54) is 11.8 Å². The molecule has 2 aliphatic rings. The minimum atomic E-state index is -1.36. The molecule has 2 N–H and O–H groups in total. The zero-order valence-corrected chi connectivity index (χ0v) is 8.28. The van der Waals surface area contributed by atoms with Crippen LogP contribution in [0.15, 0.2) is 11.3 Å². The van der Waals surface area contributed by atoms with Gasteiger partial charge in [-0.25, -0.2) is 9.59 Å². The smallest absolute Gasteiger partial charge is 0.353 e. The molecule has 0 aliphatic carbocycles. The fraction of sp³-hybridized carbons (Fsp3) is 0.375. The second kappa shape index (κ2) is 3.27. The lowest BCUT2D eigenvalue weighted by Crippen LogP contribution is -2.54. The molecule has 0 aromatic heterocycles. The number of carbonyl (C=O) groups is 3. The molecule has 6 nitrogen and oxygen atoms in total. The van der Waals surface area contributed by atoms with E-state index in [-0.39, 0.29) is 34.7 Å². The maximum Gasteiger partial charge on any atom is 0.353 e. The van der Waals surface area contributed by atoms with Gasteiger partial charge in [0.05, 0.1) is 17.4 Å². The van der Waals surface area contributed by atoms with Gasteiger partial charge in [-0.05, 0) is 0 Å². The number of fused-ring (bicyclic) bond motifs is 1. The number of carboxylic acids is 2. The van der Waals surface area contributed by atoms with Gasteiger partial charge in [0.1, 0.15) is 5.70 Å². The van der Waals surface area contributed by atoms with Crippen LogP contribution in [-0.4, -0.2) is 44.1 Å². The van der Waals surface area contributed by atoms with Crippen LogP contribution in [0.1, 0.15) is 6.42 Å². The van der Waals surface area contributed by atoms with Crippen molar-refractivity contribution in [2.45, 2.75) is 11.8 Å². The Labute approximate surface area is 88.5 Å². The number of aliphatic carboxylic acids is 2. The second-order valence-electron chi connectivity index (χ2n) is 3.17. The average Bonchev–Trinajstić information content (AvgIpc) is 2.14. The van der Waals surface area contributed by atoms with E-state index in [9.17, 15) is 14.4 Å². The predicted molar refractivity (Wildman–Crippen MR) is 50.0 cm³/mol. The van der Waals surface area contributed by atoms with E-state index in [2.05, 4.69) is 0 Å². The number of thioether (sulfide) groups is 1. The van der Waals surface area contributed by atoms with Crippen molar-refractivity contribution in [1.82, 2.24) is 4.90 Å². The minimum absolute atomic E-state index is 0.130. The van der Waals surface area contributed by atoms with Gasteiger partial charge < -0.3 is 10.2 Å². The summed E-state index contributed by atoms with van der Waals surface area (Å²) in [6.45, 7) is 0. The second-order valence-corrected chi connectivity index (χ2v) is 4.34. The fourth-order valence-corrected chi connectivity index (χ4v) is 2.83. The first-order valence-electron chi connectivity index (χ1n) is 4.15. The number of nitrogens with zero attached hydrogens (tertiary/aromatic N) is 1. The van der Waals surface area contributed by atoms with Crippen molar-refractivity contribution in [3.8, 4) is 0 Å². The Bertz CT molecular complexity index is 402. The minimum Gasteiger partial charge on any atom is -0.478 e. The van der Waals surface area contributed by atoms with E-state index in [1.54, 1.807) is 0 Å². The van der Waals surface area contributed by atoms with Crippen molar-refractivity contribution >= 4 is 29.6 Å². The largest absolute Gasteiger partial charge is 0.478 e. The number of amides is 1. The van der Waals surface area contributed by atoms with Gasteiger partial charge in [-0.2, -0.15) is 0 Å². The van der Waals surface area contributed by atoms with Gasteiger partial charge in [0.25, 0.3) is 0 Å². The van der Waals surface area contributed by atoms with Crippen molar-refractivity contribution in [3.05, 3.63) is 11.3 Å². The van der Waals surface area contributed by atoms with Crippen LogP contribution in [0.4, 0.5) is 0 Å². The molecule has 80 valence electrons. The summed E-state index contributed by atoms with van der Waals surface area (Å²) in [6.07, 6.45) is 0.286. The maximum absolute atomic E-state index is 11.2. The standard InChI is InChI=1S/C8H7NO5S/c10-4-1-5-9(4)6(8(13)14)3(2-15-5)7(11)12/h5H,1-2H2,(H,11,12)(H,13,14)/t5-/m1/s1. The highest BCUT2D eigenvalue weighted by Gasteiger charge is 2.46. The lowest BCUT2D eigenvalue weighted by Gasteiger charge is -2.43. The highest BCUT2D eigenvalue weighted by molar-refractivity contribution is 8.00. The molecule has 2 rings (SSSR count). The highest BCUT2D eigenvalue weighted by Crippen LogP contribution is 2.39. The van der Waals surface area contributed by atoms with Gasteiger partial charge in [0, 0.05) is 5.75 Å². The Morgan fingerprint density at radius 3 is 2.47 bits per heavy atom. The molecule has 0 bridgehead atoms. The van der Waals surface area contributed by atoms with Crippen LogP contribution in [0.5, 0.6) is 0 Å². The molecule has 0 saturated carbocycles. The van der Waals surface area contributed by atoms with E-state index >= 15 is 0 Å². The molecule has 15 heavy (non-hydrogen) atoms. The molecule has 1 saturated heterocycles. The molecule has 0 unspecified atom stereocenters. The number of hydrogen-bond acceptors (Lipinski definition) is 4. The van der Waals surface area contributed by atoms with Crippen molar-refractivity contribution in [3.63, 3.8) is 0 Å². The zero-order valence-electron chi connectivity index (χ0n) is 7.47. The van der Waals surface area contributed by atoms with Gasteiger partial charge in [-0.1, -0.05) is 0 Å². The van der Waals surface area contributed by atoms with Crippen LogP contribution < -0.4 is 0 Å². The Morgan fingerprint density at radius 2 is 2.00 bits per heavy atom. The quantitative estimate of drug-likeness (QED) is 0.632. The molecule has 1 atom stereocenters. The summed E-state index contributed by atoms with van der Waals surface area (Å²) in [5, 5.41) is 17.5. The highest BCUT2D eigenvalue weighted by atomic mass is 32.2. The van der Waals surface area contributed by atoms with Gasteiger partial charge in [-0.15, -0.1) is 11.8 Å². The number of rotatable bonds is 2. The molecular weight excluding hydrogens is 222 g/mol. The van der Waals surface area contributed by atoms with Gasteiger partial charge in [0.15, 0.2) is 0 Å². The monoisotopic (exact) mass is 229 g/mol. The Kier molecular flexibility index (Phi) is 2.18. The first-order chi connectivity index (χ1) is 7.02. The number of carbonyl (C=O) groups excluding carboxylic acids is 1. The molecule has 1 amide bonds. The molecular formula is C8H7NO5S. The summed E-state index contributed by atoms with van der Waals surface area (Å²) >= 11 is 1.28. The molecule has 7 heteroatoms. The fourth-order valence-electron chi connectivity index (χ4n) is 1.58. The van der Waals surface area contributed by atoms with Crippen molar-refractivity contribution in [2.75, 3.05) is 5.75 Å². The third kappa shape index (κ3) is 1.39. The molecule has 2 heterocycles.